The second-order valence-corrected chi connectivity index (χ2v) is 8.92. The van der Waals surface area contributed by atoms with Gasteiger partial charge >= 0.3 is 0 Å². The molecule has 2 aliphatic rings. The Bertz CT molecular complexity index is 814. The summed E-state index contributed by atoms with van der Waals surface area (Å²) in [5.74, 6) is -0.870. The molecule has 1 aliphatic carbocycles. The van der Waals surface area contributed by atoms with E-state index in [1.807, 2.05) is 0 Å². The minimum Gasteiger partial charge on any atom is -0.351 e. The Morgan fingerprint density at radius 3 is 2.52 bits per heavy atom. The van der Waals surface area contributed by atoms with Crippen molar-refractivity contribution in [2.75, 3.05) is 19.6 Å². The highest BCUT2D eigenvalue weighted by molar-refractivity contribution is 7.90. The van der Waals surface area contributed by atoms with Gasteiger partial charge in [0.25, 0.3) is 21.8 Å². The van der Waals surface area contributed by atoms with Gasteiger partial charge in [-0.2, -0.15) is 0 Å². The molecular formula is C19H27N3O4S. The van der Waals surface area contributed by atoms with Gasteiger partial charge < -0.3 is 10.6 Å². The van der Waals surface area contributed by atoms with Crippen LogP contribution < -0.4 is 10.6 Å². The van der Waals surface area contributed by atoms with Gasteiger partial charge in [-0.25, -0.2) is 12.7 Å². The summed E-state index contributed by atoms with van der Waals surface area (Å²) in [4.78, 5) is 24.4. The Morgan fingerprint density at radius 2 is 1.85 bits per heavy atom. The first-order chi connectivity index (χ1) is 12.9. The highest BCUT2D eigenvalue weighted by Crippen LogP contribution is 2.30. The minimum atomic E-state index is -3.85. The highest BCUT2D eigenvalue weighted by atomic mass is 32.2. The molecule has 0 unspecified atom stereocenters. The standard InChI is InChI=1S/C19H27N3O4S/c1-2-22-19(24)16-10-9-14(13-17(16)27(22,25)26)18(23)21-12-11-20-15-7-5-3-4-6-8-15/h9-10,13,15,20H,2-8,11-12H2,1H3,(H,21,23). The SMILES string of the molecule is CCN1C(=O)c2ccc(C(=O)NCCNC3CCCCCC3)cc2S1(=O)=O. The second kappa shape index (κ2) is 8.39. The Hall–Kier alpha value is -1.93. The lowest BCUT2D eigenvalue weighted by atomic mass is 10.1. The summed E-state index contributed by atoms with van der Waals surface area (Å²) >= 11 is 0. The van der Waals surface area contributed by atoms with E-state index in [0.29, 0.717) is 19.1 Å². The fraction of sp³-hybridized carbons (Fsp3) is 0.579. The third kappa shape index (κ3) is 4.16. The lowest BCUT2D eigenvalue weighted by Crippen LogP contribution is -2.36. The van der Waals surface area contributed by atoms with Crippen molar-refractivity contribution in [2.24, 2.45) is 0 Å². The average Bonchev–Trinajstić information content (AvgIpc) is 2.84. The van der Waals surface area contributed by atoms with Crippen molar-refractivity contribution >= 4 is 21.8 Å². The number of carbonyl (C=O) groups is 2. The van der Waals surface area contributed by atoms with Gasteiger partial charge in [0.1, 0.15) is 4.90 Å². The first kappa shape index (κ1) is 19.8. The number of nitrogens with one attached hydrogen (secondary N) is 2. The number of fused-ring (bicyclic) bond motifs is 1. The molecule has 7 nitrogen and oxygen atoms in total. The zero-order valence-electron chi connectivity index (χ0n) is 15.7. The summed E-state index contributed by atoms with van der Waals surface area (Å²) in [5, 5.41) is 6.29. The molecule has 1 aromatic carbocycles. The summed E-state index contributed by atoms with van der Waals surface area (Å²) in [7, 11) is -3.85. The van der Waals surface area contributed by atoms with Crippen molar-refractivity contribution in [1.82, 2.24) is 14.9 Å². The number of sulfonamides is 1. The molecule has 1 saturated carbocycles. The van der Waals surface area contributed by atoms with E-state index in [1.165, 1.54) is 56.7 Å². The summed E-state index contributed by atoms with van der Waals surface area (Å²) < 4.78 is 25.7. The van der Waals surface area contributed by atoms with Crippen LogP contribution in [0.1, 0.15) is 66.2 Å². The normalized spacial score (nSPS) is 19.6. The van der Waals surface area contributed by atoms with E-state index in [1.54, 1.807) is 6.92 Å². The molecule has 3 rings (SSSR count). The number of carbonyl (C=O) groups excluding carboxylic acids is 2. The maximum Gasteiger partial charge on any atom is 0.268 e. The van der Waals surface area contributed by atoms with Crippen molar-refractivity contribution in [1.29, 1.82) is 0 Å². The molecule has 0 spiro atoms. The summed E-state index contributed by atoms with van der Waals surface area (Å²) in [6.07, 6.45) is 7.46. The fourth-order valence-corrected chi connectivity index (χ4v) is 5.37. The third-order valence-corrected chi connectivity index (χ3v) is 7.15. The highest BCUT2D eigenvalue weighted by Gasteiger charge is 2.40. The van der Waals surface area contributed by atoms with Crippen LogP contribution in [0.3, 0.4) is 0 Å². The zero-order valence-corrected chi connectivity index (χ0v) is 16.5. The fourth-order valence-electron chi connectivity index (χ4n) is 3.77. The molecule has 1 fully saturated rings. The predicted molar refractivity (Wildman–Crippen MR) is 102 cm³/mol. The van der Waals surface area contributed by atoms with Crippen molar-refractivity contribution in [2.45, 2.75) is 56.4 Å². The van der Waals surface area contributed by atoms with Crippen molar-refractivity contribution in [3.05, 3.63) is 29.3 Å². The first-order valence-electron chi connectivity index (χ1n) is 9.68. The largest absolute Gasteiger partial charge is 0.351 e. The summed E-state index contributed by atoms with van der Waals surface area (Å²) in [6.45, 7) is 2.83. The van der Waals surface area contributed by atoms with Crippen LogP contribution in [0.2, 0.25) is 0 Å². The molecule has 148 valence electrons. The van der Waals surface area contributed by atoms with E-state index >= 15 is 0 Å². The van der Waals surface area contributed by atoms with Crippen LogP contribution in [0, 0.1) is 0 Å². The quantitative estimate of drug-likeness (QED) is 0.568. The van der Waals surface area contributed by atoms with Crippen LogP contribution in [-0.4, -0.2) is 50.2 Å². The molecule has 0 atom stereocenters. The molecule has 1 aliphatic heterocycles. The number of hydrogen-bond donors (Lipinski definition) is 2. The van der Waals surface area contributed by atoms with Crippen molar-refractivity contribution in [3.63, 3.8) is 0 Å². The number of nitrogens with zero attached hydrogens (tertiary/aromatic N) is 1. The van der Waals surface area contributed by atoms with Crippen LogP contribution >= 0.6 is 0 Å². The van der Waals surface area contributed by atoms with E-state index < -0.39 is 15.9 Å². The van der Waals surface area contributed by atoms with Crippen molar-refractivity contribution in [3.8, 4) is 0 Å². The van der Waals surface area contributed by atoms with Gasteiger partial charge in [0.2, 0.25) is 0 Å². The van der Waals surface area contributed by atoms with Crippen LogP contribution in [0.5, 0.6) is 0 Å². The average molecular weight is 394 g/mol. The van der Waals surface area contributed by atoms with E-state index in [0.717, 1.165) is 4.31 Å². The molecule has 0 saturated heterocycles. The number of benzene rings is 1. The lowest BCUT2D eigenvalue weighted by molar-refractivity contribution is 0.0874. The molecule has 0 bridgehead atoms. The van der Waals surface area contributed by atoms with E-state index in [2.05, 4.69) is 10.6 Å². The van der Waals surface area contributed by atoms with Gasteiger partial charge in [-0.1, -0.05) is 25.7 Å². The number of amides is 2. The predicted octanol–water partition coefficient (Wildman–Crippen LogP) is 1.89. The van der Waals surface area contributed by atoms with Gasteiger partial charge in [-0.15, -0.1) is 0 Å². The Labute approximate surface area is 160 Å². The minimum absolute atomic E-state index is 0.0736. The van der Waals surface area contributed by atoms with Gasteiger partial charge in [0.05, 0.1) is 5.56 Å². The molecule has 0 aromatic heterocycles. The molecule has 2 N–H and O–H groups in total. The van der Waals surface area contributed by atoms with E-state index in [-0.39, 0.29) is 28.5 Å². The van der Waals surface area contributed by atoms with Crippen LogP contribution in [0.15, 0.2) is 23.1 Å². The number of rotatable bonds is 6. The Morgan fingerprint density at radius 1 is 1.15 bits per heavy atom. The van der Waals surface area contributed by atoms with Gasteiger partial charge in [0.15, 0.2) is 0 Å². The monoisotopic (exact) mass is 393 g/mol. The first-order valence-corrected chi connectivity index (χ1v) is 11.1. The molecule has 27 heavy (non-hydrogen) atoms. The van der Waals surface area contributed by atoms with Crippen LogP contribution in [0.25, 0.3) is 0 Å². The molecule has 0 radical (unpaired) electrons. The Kier molecular flexibility index (Phi) is 6.16. The molecule has 8 heteroatoms. The molecular weight excluding hydrogens is 366 g/mol. The van der Waals surface area contributed by atoms with Gasteiger partial charge in [-0.05, 0) is 38.0 Å². The topological polar surface area (TPSA) is 95.6 Å². The number of hydrogen-bond acceptors (Lipinski definition) is 5. The third-order valence-electron chi connectivity index (χ3n) is 5.25. The summed E-state index contributed by atoms with van der Waals surface area (Å²) in [5.41, 5.74) is 0.376. The maximum absolute atomic E-state index is 12.4. The van der Waals surface area contributed by atoms with E-state index in [9.17, 15) is 18.0 Å². The Balaban J connectivity index is 1.58. The lowest BCUT2D eigenvalue weighted by Gasteiger charge is -2.16. The van der Waals surface area contributed by atoms with Gasteiger partial charge in [0, 0.05) is 31.2 Å². The van der Waals surface area contributed by atoms with Gasteiger partial charge in [-0.3, -0.25) is 9.59 Å². The second-order valence-electron chi connectivity index (χ2n) is 7.08. The molecule has 1 aromatic rings. The zero-order chi connectivity index (χ0) is 19.4. The maximum atomic E-state index is 12.4. The summed E-state index contributed by atoms with van der Waals surface area (Å²) in [6, 6.07) is 4.73. The van der Waals surface area contributed by atoms with Crippen molar-refractivity contribution < 1.29 is 18.0 Å². The van der Waals surface area contributed by atoms with Crippen LogP contribution in [0.4, 0.5) is 0 Å². The molecule has 2 amide bonds. The smallest absolute Gasteiger partial charge is 0.268 e. The molecule has 1 heterocycles. The van der Waals surface area contributed by atoms with Crippen LogP contribution in [-0.2, 0) is 10.0 Å². The van der Waals surface area contributed by atoms with E-state index in [4.69, 9.17) is 0 Å².